The van der Waals surface area contributed by atoms with E-state index in [1.54, 1.807) is 31.4 Å². The second kappa shape index (κ2) is 6.96. The van der Waals surface area contributed by atoms with Crippen molar-refractivity contribution < 1.29 is 13.9 Å². The van der Waals surface area contributed by atoms with Crippen LogP contribution < -0.4 is 10.1 Å². The number of nitrogens with one attached hydrogen (secondary N) is 1. The third kappa shape index (κ3) is 3.53. The summed E-state index contributed by atoms with van der Waals surface area (Å²) in [6, 6.07) is 20.3. The normalized spacial score (nSPS) is 10.7. The van der Waals surface area contributed by atoms with Gasteiger partial charge in [-0.2, -0.15) is 0 Å². The van der Waals surface area contributed by atoms with Crippen molar-refractivity contribution in [1.29, 1.82) is 0 Å². The fourth-order valence-electron chi connectivity index (χ4n) is 2.86. The Balaban J connectivity index is 1.60. The van der Waals surface area contributed by atoms with Gasteiger partial charge in [0.2, 0.25) is 5.89 Å². The van der Waals surface area contributed by atoms with Gasteiger partial charge in [0.05, 0.1) is 7.11 Å². The summed E-state index contributed by atoms with van der Waals surface area (Å²) in [5, 5.41) is 2.90. The van der Waals surface area contributed by atoms with Gasteiger partial charge in [-0.05, 0) is 61.0 Å². The molecule has 5 heteroatoms. The van der Waals surface area contributed by atoms with Crippen LogP contribution in [0.5, 0.6) is 5.75 Å². The molecule has 0 saturated carbocycles. The zero-order valence-corrected chi connectivity index (χ0v) is 15.0. The molecule has 1 N–H and O–H groups in total. The second-order valence-corrected chi connectivity index (χ2v) is 6.26. The van der Waals surface area contributed by atoms with Crippen molar-refractivity contribution >= 4 is 22.7 Å². The number of carbonyl (C=O) groups is 1. The average molecular weight is 358 g/mol. The van der Waals surface area contributed by atoms with Gasteiger partial charge in [0.1, 0.15) is 11.3 Å². The zero-order chi connectivity index (χ0) is 18.8. The number of rotatable bonds is 4. The molecule has 4 rings (SSSR count). The van der Waals surface area contributed by atoms with Crippen LogP contribution in [0.25, 0.3) is 22.6 Å². The van der Waals surface area contributed by atoms with Crippen LogP contribution in [0.15, 0.2) is 71.1 Å². The molecule has 0 bridgehead atoms. The Morgan fingerprint density at radius 3 is 2.74 bits per heavy atom. The fraction of sp³-hybridized carbons (Fsp3) is 0.0909. The summed E-state index contributed by atoms with van der Waals surface area (Å²) in [5.41, 5.74) is 4.67. The molecule has 5 nitrogen and oxygen atoms in total. The summed E-state index contributed by atoms with van der Waals surface area (Å²) < 4.78 is 11.0. The number of benzene rings is 3. The highest BCUT2D eigenvalue weighted by Crippen LogP contribution is 2.27. The molecule has 0 aliphatic carbocycles. The minimum Gasteiger partial charge on any atom is -0.497 e. The molecule has 0 spiro atoms. The molecule has 3 aromatic carbocycles. The second-order valence-electron chi connectivity index (χ2n) is 6.26. The van der Waals surface area contributed by atoms with Crippen molar-refractivity contribution in [3.8, 4) is 17.2 Å². The number of methoxy groups -OCH3 is 1. The van der Waals surface area contributed by atoms with Crippen molar-refractivity contribution in [1.82, 2.24) is 4.98 Å². The average Bonchev–Trinajstić information content (AvgIpc) is 3.11. The van der Waals surface area contributed by atoms with Gasteiger partial charge >= 0.3 is 0 Å². The Hall–Kier alpha value is -3.60. The van der Waals surface area contributed by atoms with Crippen LogP contribution >= 0.6 is 0 Å². The molecule has 0 radical (unpaired) electrons. The van der Waals surface area contributed by atoms with Gasteiger partial charge in [-0.3, -0.25) is 4.79 Å². The first-order chi connectivity index (χ1) is 13.1. The van der Waals surface area contributed by atoms with Crippen LogP contribution in [-0.4, -0.2) is 18.0 Å². The lowest BCUT2D eigenvalue weighted by atomic mass is 10.1. The Bertz CT molecular complexity index is 1130. The molecule has 134 valence electrons. The molecule has 0 saturated heterocycles. The van der Waals surface area contributed by atoms with Gasteiger partial charge in [-0.1, -0.05) is 18.2 Å². The van der Waals surface area contributed by atoms with Crippen molar-refractivity contribution in [3.63, 3.8) is 0 Å². The van der Waals surface area contributed by atoms with Gasteiger partial charge in [-0.15, -0.1) is 0 Å². The molecule has 0 unspecified atom stereocenters. The Labute approximate surface area is 156 Å². The third-order valence-electron chi connectivity index (χ3n) is 4.24. The number of ether oxygens (including phenoxy) is 1. The van der Waals surface area contributed by atoms with E-state index in [0.717, 1.165) is 22.2 Å². The number of fused-ring (bicyclic) bond motifs is 1. The molecule has 0 aliphatic rings. The van der Waals surface area contributed by atoms with Crippen molar-refractivity contribution in [2.45, 2.75) is 6.92 Å². The molecular formula is C22H18N2O3. The maximum absolute atomic E-state index is 12.5. The molecule has 4 aromatic rings. The molecule has 27 heavy (non-hydrogen) atoms. The number of aromatic nitrogens is 1. The third-order valence-corrected chi connectivity index (χ3v) is 4.24. The van der Waals surface area contributed by atoms with Crippen LogP contribution in [0.4, 0.5) is 5.69 Å². The first-order valence-corrected chi connectivity index (χ1v) is 8.55. The molecule has 1 amide bonds. The van der Waals surface area contributed by atoms with Gasteiger partial charge < -0.3 is 14.5 Å². The lowest BCUT2D eigenvalue weighted by Gasteiger charge is -2.07. The first-order valence-electron chi connectivity index (χ1n) is 8.55. The summed E-state index contributed by atoms with van der Waals surface area (Å²) in [6.45, 7) is 2.02. The first kappa shape index (κ1) is 16.8. The van der Waals surface area contributed by atoms with Crippen molar-refractivity contribution in [2.75, 3.05) is 12.4 Å². The zero-order valence-electron chi connectivity index (χ0n) is 15.0. The van der Waals surface area contributed by atoms with Crippen molar-refractivity contribution in [2.24, 2.45) is 0 Å². The lowest BCUT2D eigenvalue weighted by Crippen LogP contribution is -2.11. The lowest BCUT2D eigenvalue weighted by molar-refractivity contribution is 0.102. The smallest absolute Gasteiger partial charge is 0.255 e. The van der Waals surface area contributed by atoms with Crippen molar-refractivity contribution in [3.05, 3.63) is 77.9 Å². The summed E-state index contributed by atoms with van der Waals surface area (Å²) in [7, 11) is 1.57. The highest BCUT2D eigenvalue weighted by molar-refractivity contribution is 6.04. The predicted octanol–water partition coefficient (Wildman–Crippen LogP) is 5.06. The van der Waals surface area contributed by atoms with E-state index in [0.29, 0.717) is 22.9 Å². The van der Waals surface area contributed by atoms with E-state index < -0.39 is 0 Å². The number of hydrogen-bond donors (Lipinski definition) is 1. The number of aryl methyl sites for hydroxylation is 1. The minimum absolute atomic E-state index is 0.209. The molecule has 1 heterocycles. The summed E-state index contributed by atoms with van der Waals surface area (Å²) in [6.07, 6.45) is 0. The predicted molar refractivity (Wildman–Crippen MR) is 105 cm³/mol. The van der Waals surface area contributed by atoms with Crippen LogP contribution in [-0.2, 0) is 0 Å². The van der Waals surface area contributed by atoms with Gasteiger partial charge in [0.15, 0.2) is 5.58 Å². The highest BCUT2D eigenvalue weighted by atomic mass is 16.5. The molecular weight excluding hydrogens is 340 g/mol. The maximum atomic E-state index is 12.5. The number of oxazole rings is 1. The van der Waals surface area contributed by atoms with Crippen LogP contribution in [0.1, 0.15) is 15.9 Å². The SMILES string of the molecule is COc1cccc(C(=O)Nc2cccc(-c3nc4cc(C)ccc4o3)c2)c1. The van der Waals surface area contributed by atoms with Gasteiger partial charge in [0, 0.05) is 16.8 Å². The standard InChI is InChI=1S/C22H18N2O3/c1-14-9-10-20-19(11-14)24-22(27-20)16-6-3-7-17(12-16)23-21(25)15-5-4-8-18(13-15)26-2/h3-13H,1-2H3,(H,23,25). The van der Waals surface area contributed by atoms with Crippen LogP contribution in [0.3, 0.4) is 0 Å². The monoisotopic (exact) mass is 358 g/mol. The highest BCUT2D eigenvalue weighted by Gasteiger charge is 2.11. The number of amides is 1. The Morgan fingerprint density at radius 1 is 1.04 bits per heavy atom. The van der Waals surface area contributed by atoms with Gasteiger partial charge in [-0.25, -0.2) is 4.98 Å². The van der Waals surface area contributed by atoms with E-state index in [1.165, 1.54) is 0 Å². The Morgan fingerprint density at radius 2 is 1.89 bits per heavy atom. The van der Waals surface area contributed by atoms with E-state index in [-0.39, 0.29) is 5.91 Å². The molecule has 0 atom stereocenters. The van der Waals surface area contributed by atoms with Gasteiger partial charge in [0.25, 0.3) is 5.91 Å². The minimum atomic E-state index is -0.209. The summed E-state index contributed by atoms with van der Waals surface area (Å²) in [4.78, 5) is 17.1. The van der Waals surface area contributed by atoms with E-state index >= 15 is 0 Å². The number of carbonyl (C=O) groups excluding carboxylic acids is 1. The topological polar surface area (TPSA) is 64.4 Å². The maximum Gasteiger partial charge on any atom is 0.255 e. The molecule has 0 fully saturated rings. The van der Waals surface area contributed by atoms with Crippen LogP contribution in [0, 0.1) is 6.92 Å². The van der Waals surface area contributed by atoms with E-state index in [1.807, 2.05) is 49.4 Å². The van der Waals surface area contributed by atoms with E-state index in [2.05, 4.69) is 10.3 Å². The summed E-state index contributed by atoms with van der Waals surface area (Å²) in [5.74, 6) is 0.950. The van der Waals surface area contributed by atoms with E-state index in [9.17, 15) is 4.79 Å². The number of hydrogen-bond acceptors (Lipinski definition) is 4. The molecule has 1 aromatic heterocycles. The summed E-state index contributed by atoms with van der Waals surface area (Å²) >= 11 is 0. The van der Waals surface area contributed by atoms with Crippen LogP contribution in [0.2, 0.25) is 0 Å². The largest absolute Gasteiger partial charge is 0.497 e. The number of anilines is 1. The number of nitrogens with zero attached hydrogens (tertiary/aromatic N) is 1. The fourth-order valence-corrected chi connectivity index (χ4v) is 2.86. The molecule has 0 aliphatic heterocycles. The Kier molecular flexibility index (Phi) is 4.34. The quantitative estimate of drug-likeness (QED) is 0.553. The van der Waals surface area contributed by atoms with E-state index in [4.69, 9.17) is 9.15 Å².